The van der Waals surface area contributed by atoms with Gasteiger partial charge in [0.1, 0.15) is 11.2 Å². The Kier molecular flexibility index (Phi) is 4.14. The van der Waals surface area contributed by atoms with E-state index in [1.807, 2.05) is 13.8 Å². The van der Waals surface area contributed by atoms with Crippen LogP contribution in [0.15, 0.2) is 6.33 Å². The molecule has 7 nitrogen and oxygen atoms in total. The smallest absolute Gasteiger partial charge is 0.321 e. The maximum absolute atomic E-state index is 11.5. The Morgan fingerprint density at radius 2 is 2.10 bits per heavy atom. The monoisotopic (exact) mass is 294 g/mol. The summed E-state index contributed by atoms with van der Waals surface area (Å²) in [5, 5.41) is 5.21. The standard InChI is InChI=1S/C12H14N4O3S/c1-6-7(2)20-11-9(6)10(14-5-15-11)19-4-8(17)16-12(18)13-3/h5H,4H2,1-3H3,(H2,13,16,17,18). The molecule has 0 bridgehead atoms. The van der Waals surface area contributed by atoms with Gasteiger partial charge in [-0.15, -0.1) is 11.3 Å². The topological polar surface area (TPSA) is 93.2 Å². The lowest BCUT2D eigenvalue weighted by Crippen LogP contribution is -2.40. The van der Waals surface area contributed by atoms with Crippen LogP contribution in [0, 0.1) is 13.8 Å². The van der Waals surface area contributed by atoms with E-state index in [9.17, 15) is 9.59 Å². The number of hydrogen-bond acceptors (Lipinski definition) is 6. The van der Waals surface area contributed by atoms with Gasteiger partial charge in [-0.2, -0.15) is 0 Å². The first-order chi connectivity index (χ1) is 9.52. The minimum absolute atomic E-state index is 0.284. The molecule has 0 aliphatic carbocycles. The second-order valence-corrected chi connectivity index (χ2v) is 5.26. The van der Waals surface area contributed by atoms with E-state index in [1.165, 1.54) is 13.4 Å². The number of imide groups is 1. The highest BCUT2D eigenvalue weighted by molar-refractivity contribution is 7.18. The molecule has 2 rings (SSSR count). The molecule has 3 amide bonds. The molecule has 0 atom stereocenters. The molecule has 2 aromatic rings. The summed E-state index contributed by atoms with van der Waals surface area (Å²) in [5.41, 5.74) is 1.03. The van der Waals surface area contributed by atoms with Crippen LogP contribution in [-0.2, 0) is 4.79 Å². The van der Waals surface area contributed by atoms with Crippen molar-refractivity contribution in [2.24, 2.45) is 0 Å². The maximum atomic E-state index is 11.5. The van der Waals surface area contributed by atoms with Crippen molar-refractivity contribution < 1.29 is 14.3 Å². The molecule has 2 heterocycles. The molecule has 0 aliphatic rings. The van der Waals surface area contributed by atoms with E-state index in [2.05, 4.69) is 20.6 Å². The van der Waals surface area contributed by atoms with Gasteiger partial charge in [0.2, 0.25) is 5.88 Å². The number of thiophene rings is 1. The van der Waals surface area contributed by atoms with Crippen molar-refractivity contribution in [1.29, 1.82) is 0 Å². The third-order valence-electron chi connectivity index (χ3n) is 2.75. The van der Waals surface area contributed by atoms with Crippen molar-refractivity contribution in [3.05, 3.63) is 16.8 Å². The number of urea groups is 1. The van der Waals surface area contributed by atoms with Gasteiger partial charge < -0.3 is 10.1 Å². The van der Waals surface area contributed by atoms with Crippen molar-refractivity contribution in [3.63, 3.8) is 0 Å². The van der Waals surface area contributed by atoms with Gasteiger partial charge in [0.25, 0.3) is 5.91 Å². The van der Waals surface area contributed by atoms with Crippen LogP contribution < -0.4 is 15.4 Å². The molecular formula is C12H14N4O3S. The highest BCUT2D eigenvalue weighted by Gasteiger charge is 2.14. The molecule has 2 N–H and O–H groups in total. The predicted molar refractivity (Wildman–Crippen MR) is 75.0 cm³/mol. The van der Waals surface area contributed by atoms with E-state index in [-0.39, 0.29) is 6.61 Å². The van der Waals surface area contributed by atoms with Crippen molar-refractivity contribution >= 4 is 33.5 Å². The molecule has 0 spiro atoms. The van der Waals surface area contributed by atoms with Crippen LogP contribution in [0.5, 0.6) is 5.88 Å². The van der Waals surface area contributed by atoms with Crippen LogP contribution in [0.4, 0.5) is 4.79 Å². The second-order valence-electron chi connectivity index (χ2n) is 4.06. The largest absolute Gasteiger partial charge is 0.467 e. The Labute approximate surface area is 119 Å². The van der Waals surface area contributed by atoms with Crippen molar-refractivity contribution in [2.45, 2.75) is 13.8 Å². The number of hydrogen-bond donors (Lipinski definition) is 2. The number of fused-ring (bicyclic) bond motifs is 1. The first-order valence-corrected chi connectivity index (χ1v) is 6.69. The molecule has 0 fully saturated rings. The van der Waals surface area contributed by atoms with Gasteiger partial charge in [0, 0.05) is 11.9 Å². The van der Waals surface area contributed by atoms with Crippen LogP contribution in [0.1, 0.15) is 10.4 Å². The first kappa shape index (κ1) is 14.2. The summed E-state index contributed by atoms with van der Waals surface area (Å²) < 4.78 is 5.38. The van der Waals surface area contributed by atoms with Crippen LogP contribution in [-0.4, -0.2) is 35.6 Å². The number of ether oxygens (including phenoxy) is 1. The molecule has 8 heteroatoms. The fourth-order valence-corrected chi connectivity index (χ4v) is 2.61. The summed E-state index contributed by atoms with van der Waals surface area (Å²) in [6, 6.07) is -0.575. The number of aryl methyl sites for hydroxylation is 2. The summed E-state index contributed by atoms with van der Waals surface area (Å²) in [5.74, 6) is -0.190. The number of nitrogens with zero attached hydrogens (tertiary/aromatic N) is 2. The van der Waals surface area contributed by atoms with E-state index in [1.54, 1.807) is 11.3 Å². The fourth-order valence-electron chi connectivity index (χ4n) is 1.62. The molecule has 106 valence electrons. The Bertz CT molecular complexity index is 668. The summed E-state index contributed by atoms with van der Waals surface area (Å²) in [7, 11) is 1.43. The van der Waals surface area contributed by atoms with Crippen molar-refractivity contribution in [3.8, 4) is 5.88 Å². The Balaban J connectivity index is 2.14. The van der Waals surface area contributed by atoms with E-state index in [0.29, 0.717) is 5.88 Å². The third-order valence-corrected chi connectivity index (χ3v) is 3.87. The van der Waals surface area contributed by atoms with Crippen LogP contribution in [0.3, 0.4) is 0 Å². The highest BCUT2D eigenvalue weighted by atomic mass is 32.1. The van der Waals surface area contributed by atoms with Gasteiger partial charge in [-0.1, -0.05) is 0 Å². The van der Waals surface area contributed by atoms with Crippen molar-refractivity contribution in [1.82, 2.24) is 20.6 Å². The average Bonchev–Trinajstić information content (AvgIpc) is 2.72. The van der Waals surface area contributed by atoms with E-state index in [0.717, 1.165) is 20.7 Å². The maximum Gasteiger partial charge on any atom is 0.321 e. The summed E-state index contributed by atoms with van der Waals surface area (Å²) in [4.78, 5) is 32.6. The quantitative estimate of drug-likeness (QED) is 0.885. The molecular weight excluding hydrogens is 280 g/mol. The van der Waals surface area contributed by atoms with Crippen molar-refractivity contribution in [2.75, 3.05) is 13.7 Å². The molecule has 2 aromatic heterocycles. The summed E-state index contributed by atoms with van der Waals surface area (Å²) >= 11 is 1.55. The zero-order valence-corrected chi connectivity index (χ0v) is 12.1. The molecule has 0 unspecified atom stereocenters. The van der Waals surface area contributed by atoms with Crippen LogP contribution >= 0.6 is 11.3 Å². The molecule has 0 saturated carbocycles. The molecule has 0 aliphatic heterocycles. The number of nitrogens with one attached hydrogen (secondary N) is 2. The van der Waals surface area contributed by atoms with Gasteiger partial charge in [-0.05, 0) is 19.4 Å². The lowest BCUT2D eigenvalue weighted by Gasteiger charge is -2.06. The minimum Gasteiger partial charge on any atom is -0.467 e. The van der Waals surface area contributed by atoms with E-state index in [4.69, 9.17) is 4.74 Å². The van der Waals surface area contributed by atoms with Gasteiger partial charge >= 0.3 is 6.03 Å². The van der Waals surface area contributed by atoms with E-state index >= 15 is 0 Å². The third kappa shape index (κ3) is 2.85. The molecule has 0 radical (unpaired) electrons. The SMILES string of the molecule is CNC(=O)NC(=O)COc1ncnc2sc(C)c(C)c12. The van der Waals surface area contributed by atoms with Gasteiger partial charge in [-0.25, -0.2) is 14.8 Å². The predicted octanol–water partition coefficient (Wildman–Crippen LogP) is 1.14. The number of rotatable bonds is 3. The molecule has 0 aromatic carbocycles. The van der Waals surface area contributed by atoms with Gasteiger partial charge in [0.05, 0.1) is 5.39 Å². The number of carbonyl (C=O) groups is 2. The number of carbonyl (C=O) groups excluding carboxylic acids is 2. The van der Waals surface area contributed by atoms with Gasteiger partial charge in [0.15, 0.2) is 6.61 Å². The Morgan fingerprint density at radius 1 is 1.35 bits per heavy atom. The lowest BCUT2D eigenvalue weighted by molar-refractivity contribution is -0.122. The first-order valence-electron chi connectivity index (χ1n) is 5.88. The fraction of sp³-hybridized carbons (Fsp3) is 0.333. The van der Waals surface area contributed by atoms with Gasteiger partial charge in [-0.3, -0.25) is 10.1 Å². The lowest BCUT2D eigenvalue weighted by atomic mass is 10.2. The van der Waals surface area contributed by atoms with Crippen LogP contribution in [0.2, 0.25) is 0 Å². The molecule has 20 heavy (non-hydrogen) atoms. The number of aromatic nitrogens is 2. The van der Waals surface area contributed by atoms with Crippen LogP contribution in [0.25, 0.3) is 10.2 Å². The summed E-state index contributed by atoms with van der Waals surface area (Å²) in [6.45, 7) is 3.66. The summed E-state index contributed by atoms with van der Waals surface area (Å²) in [6.07, 6.45) is 1.39. The second kappa shape index (κ2) is 5.83. The number of amides is 3. The zero-order chi connectivity index (χ0) is 14.7. The average molecular weight is 294 g/mol. The molecule has 0 saturated heterocycles. The Morgan fingerprint density at radius 3 is 2.80 bits per heavy atom. The normalized spacial score (nSPS) is 10.3. The minimum atomic E-state index is -0.575. The Hall–Kier alpha value is -2.22. The highest BCUT2D eigenvalue weighted by Crippen LogP contribution is 2.33. The zero-order valence-electron chi connectivity index (χ0n) is 11.3. The van der Waals surface area contributed by atoms with E-state index < -0.39 is 11.9 Å².